The number of benzene rings is 3. The fourth-order valence-corrected chi connectivity index (χ4v) is 3.65. The number of carbonyl (C=O) groups excluding carboxylic acids is 1. The van der Waals surface area contributed by atoms with Gasteiger partial charge in [-0.05, 0) is 66.2 Å². The Morgan fingerprint density at radius 2 is 1.69 bits per heavy atom. The molecule has 0 aliphatic heterocycles. The van der Waals surface area contributed by atoms with E-state index < -0.39 is 12.1 Å². The maximum absolute atomic E-state index is 13.1. The zero-order valence-electron chi connectivity index (χ0n) is 17.4. The first-order valence-electron chi connectivity index (χ1n) is 10.0. The summed E-state index contributed by atoms with van der Waals surface area (Å²) in [5.74, 6) is 0.299. The largest absolute Gasteiger partial charge is 0.465 e. The number of fused-ring (bicyclic) bond motifs is 1. The molecule has 0 radical (unpaired) electrons. The van der Waals surface area contributed by atoms with Crippen molar-refractivity contribution in [3.05, 3.63) is 89.9 Å². The van der Waals surface area contributed by atoms with Crippen molar-refractivity contribution in [1.29, 1.82) is 0 Å². The molecule has 0 aliphatic carbocycles. The minimum atomic E-state index is -0.953. The third kappa shape index (κ3) is 4.34. The normalized spacial score (nSPS) is 12.0. The van der Waals surface area contributed by atoms with Crippen molar-refractivity contribution in [2.75, 3.05) is 13.7 Å². The Bertz CT molecular complexity index is 1230. The number of nitrogens with zero attached hydrogens (tertiary/aromatic N) is 1. The summed E-state index contributed by atoms with van der Waals surface area (Å²) in [5, 5.41) is 20.0. The molecule has 4 aromatic rings. The molecule has 0 fully saturated rings. The molecule has 4 rings (SSSR count). The molecule has 164 valence electrons. The van der Waals surface area contributed by atoms with E-state index in [0.29, 0.717) is 28.0 Å². The zero-order valence-corrected chi connectivity index (χ0v) is 17.4. The van der Waals surface area contributed by atoms with Crippen molar-refractivity contribution in [1.82, 2.24) is 4.57 Å². The predicted octanol–water partition coefficient (Wildman–Crippen LogP) is 4.24. The van der Waals surface area contributed by atoms with E-state index in [0.717, 1.165) is 11.2 Å². The lowest BCUT2D eigenvalue weighted by Crippen LogP contribution is -2.15. The summed E-state index contributed by atoms with van der Waals surface area (Å²) in [5.41, 5.74) is 2.68. The van der Waals surface area contributed by atoms with Crippen molar-refractivity contribution in [2.45, 2.75) is 12.5 Å². The van der Waals surface area contributed by atoms with Gasteiger partial charge in [-0.1, -0.05) is 6.07 Å². The maximum atomic E-state index is 13.1. The van der Waals surface area contributed by atoms with Crippen molar-refractivity contribution >= 4 is 16.9 Å². The molecule has 0 spiro atoms. The number of aromatic nitrogens is 1. The average Bonchev–Trinajstić information content (AvgIpc) is 3.19. The van der Waals surface area contributed by atoms with Gasteiger partial charge in [-0.25, -0.2) is 9.18 Å². The van der Waals surface area contributed by atoms with Gasteiger partial charge in [-0.3, -0.25) is 0 Å². The molecule has 0 bridgehead atoms. The summed E-state index contributed by atoms with van der Waals surface area (Å²) in [7, 11) is 1.32. The summed E-state index contributed by atoms with van der Waals surface area (Å²) < 4.78 is 25.7. The van der Waals surface area contributed by atoms with E-state index >= 15 is 0 Å². The van der Waals surface area contributed by atoms with Gasteiger partial charge in [0, 0.05) is 23.7 Å². The number of methoxy groups -OCH3 is 1. The molecule has 0 aliphatic rings. The molecule has 32 heavy (non-hydrogen) atoms. The topological polar surface area (TPSA) is 80.9 Å². The lowest BCUT2D eigenvalue weighted by molar-refractivity contribution is 0.0602. The second-order valence-corrected chi connectivity index (χ2v) is 7.31. The summed E-state index contributed by atoms with van der Waals surface area (Å²) in [6, 6.07) is 18.4. The lowest BCUT2D eigenvalue weighted by Gasteiger charge is -2.09. The van der Waals surface area contributed by atoms with Gasteiger partial charge in [0.15, 0.2) is 0 Å². The van der Waals surface area contributed by atoms with Gasteiger partial charge in [0.05, 0.1) is 30.9 Å². The van der Waals surface area contributed by atoms with E-state index in [4.69, 9.17) is 9.47 Å². The highest BCUT2D eigenvalue weighted by Crippen LogP contribution is 2.31. The Kier molecular flexibility index (Phi) is 6.20. The number of halogens is 1. The van der Waals surface area contributed by atoms with Crippen molar-refractivity contribution < 1.29 is 28.9 Å². The van der Waals surface area contributed by atoms with E-state index in [1.54, 1.807) is 36.4 Å². The Morgan fingerprint density at radius 1 is 1.03 bits per heavy atom. The van der Waals surface area contributed by atoms with Crippen LogP contribution in [0.25, 0.3) is 16.6 Å². The van der Waals surface area contributed by atoms with Crippen LogP contribution in [0.2, 0.25) is 0 Å². The molecule has 1 aromatic heterocycles. The second-order valence-electron chi connectivity index (χ2n) is 7.31. The van der Waals surface area contributed by atoms with Crippen LogP contribution in [0, 0.1) is 5.82 Å². The molecule has 1 heterocycles. The molecule has 0 saturated carbocycles. The van der Waals surface area contributed by atoms with Crippen LogP contribution in [0.15, 0.2) is 72.9 Å². The van der Waals surface area contributed by atoms with E-state index in [1.165, 1.54) is 19.2 Å². The van der Waals surface area contributed by atoms with Crippen molar-refractivity contribution in [3.63, 3.8) is 0 Å². The summed E-state index contributed by atoms with van der Waals surface area (Å²) >= 11 is 0. The molecule has 2 N–H and O–H groups in total. The SMILES string of the molecule is COC(=O)c1cccc2c1c(CC(O)CO)cn2-c1ccc(Oc2ccc(F)cc2)cc1. The third-order valence-electron chi connectivity index (χ3n) is 5.14. The summed E-state index contributed by atoms with van der Waals surface area (Å²) in [6.07, 6.45) is 1.07. The fraction of sp³-hybridized carbons (Fsp3) is 0.160. The van der Waals surface area contributed by atoms with Crippen LogP contribution in [0.3, 0.4) is 0 Å². The molecule has 1 atom stereocenters. The highest BCUT2D eigenvalue weighted by atomic mass is 19.1. The Hall–Kier alpha value is -3.68. The van der Waals surface area contributed by atoms with E-state index in [1.807, 2.05) is 29.0 Å². The zero-order chi connectivity index (χ0) is 22.7. The van der Waals surface area contributed by atoms with Gasteiger partial charge >= 0.3 is 5.97 Å². The predicted molar refractivity (Wildman–Crippen MR) is 118 cm³/mol. The van der Waals surface area contributed by atoms with E-state index in [2.05, 4.69) is 0 Å². The monoisotopic (exact) mass is 435 g/mol. The van der Waals surface area contributed by atoms with Crippen molar-refractivity contribution in [3.8, 4) is 17.2 Å². The van der Waals surface area contributed by atoms with Crippen LogP contribution < -0.4 is 4.74 Å². The number of rotatable bonds is 7. The standard InChI is InChI=1S/C25H22FNO5/c1-31-25(30)22-3-2-4-23-24(22)16(13-19(29)15-28)14-27(23)18-7-11-21(12-8-18)32-20-9-5-17(26)6-10-20/h2-12,14,19,28-29H,13,15H2,1H3. The smallest absolute Gasteiger partial charge is 0.338 e. The first-order chi connectivity index (χ1) is 15.5. The Morgan fingerprint density at radius 3 is 2.31 bits per heavy atom. The second kappa shape index (κ2) is 9.21. The number of ether oxygens (including phenoxy) is 2. The van der Waals surface area contributed by atoms with Gasteiger partial charge < -0.3 is 24.3 Å². The molecular weight excluding hydrogens is 413 g/mol. The van der Waals surface area contributed by atoms with Crippen molar-refractivity contribution in [2.24, 2.45) is 0 Å². The maximum Gasteiger partial charge on any atom is 0.338 e. The number of aliphatic hydroxyl groups excluding tert-OH is 2. The molecule has 3 aromatic carbocycles. The van der Waals surface area contributed by atoms with Crippen LogP contribution in [-0.2, 0) is 11.2 Å². The highest BCUT2D eigenvalue weighted by Gasteiger charge is 2.19. The highest BCUT2D eigenvalue weighted by molar-refractivity contribution is 6.05. The Balaban J connectivity index is 1.73. The van der Waals surface area contributed by atoms with Gasteiger partial charge in [0.2, 0.25) is 0 Å². The van der Waals surface area contributed by atoms with E-state index in [-0.39, 0.29) is 18.8 Å². The van der Waals surface area contributed by atoms with Gasteiger partial charge in [-0.15, -0.1) is 0 Å². The quantitative estimate of drug-likeness (QED) is 0.425. The number of aliphatic hydroxyl groups is 2. The van der Waals surface area contributed by atoms with Gasteiger partial charge in [-0.2, -0.15) is 0 Å². The number of esters is 1. The summed E-state index contributed by atoms with van der Waals surface area (Å²) in [6.45, 7) is -0.386. The molecule has 6 nitrogen and oxygen atoms in total. The first kappa shape index (κ1) is 21.5. The summed E-state index contributed by atoms with van der Waals surface area (Å²) in [4.78, 5) is 12.3. The molecule has 1 unspecified atom stereocenters. The van der Waals surface area contributed by atoms with Crippen LogP contribution in [0.4, 0.5) is 4.39 Å². The first-order valence-corrected chi connectivity index (χ1v) is 10.0. The molecular formula is C25H22FNO5. The van der Waals surface area contributed by atoms with Crippen LogP contribution in [-0.4, -0.2) is 40.6 Å². The van der Waals surface area contributed by atoms with Crippen LogP contribution in [0.1, 0.15) is 15.9 Å². The lowest BCUT2D eigenvalue weighted by atomic mass is 10.0. The molecule has 0 saturated heterocycles. The minimum absolute atomic E-state index is 0.180. The van der Waals surface area contributed by atoms with Crippen LogP contribution in [0.5, 0.6) is 11.5 Å². The number of hydrogen-bond acceptors (Lipinski definition) is 5. The molecule has 0 amide bonds. The average molecular weight is 435 g/mol. The third-order valence-corrected chi connectivity index (χ3v) is 5.14. The van der Waals surface area contributed by atoms with E-state index in [9.17, 15) is 19.4 Å². The fourth-order valence-electron chi connectivity index (χ4n) is 3.65. The number of hydrogen-bond donors (Lipinski definition) is 2. The van der Waals surface area contributed by atoms with Crippen LogP contribution >= 0.6 is 0 Å². The molecule has 7 heteroatoms. The minimum Gasteiger partial charge on any atom is -0.465 e. The Labute approximate surface area is 184 Å². The van der Waals surface area contributed by atoms with Gasteiger partial charge in [0.25, 0.3) is 0 Å². The van der Waals surface area contributed by atoms with Gasteiger partial charge in [0.1, 0.15) is 17.3 Å². The number of carbonyl (C=O) groups is 1.